The smallest absolute Gasteiger partial charge is 0.214 e. The molecule has 0 saturated heterocycles. The van der Waals surface area contributed by atoms with Crippen LogP contribution in [0.5, 0.6) is 0 Å². The number of amidine groups is 1. The van der Waals surface area contributed by atoms with Crippen molar-refractivity contribution in [3.8, 4) is 0 Å². The van der Waals surface area contributed by atoms with Crippen molar-refractivity contribution in [3.63, 3.8) is 0 Å². The Hall–Kier alpha value is -0.620. The maximum atomic E-state index is 11.6. The maximum Gasteiger partial charge on any atom is 0.214 e. The van der Waals surface area contributed by atoms with Gasteiger partial charge in [0.05, 0.1) is 11.1 Å². The molecule has 4 N–H and O–H groups in total. The van der Waals surface area contributed by atoms with Gasteiger partial charge in [0, 0.05) is 12.0 Å². The third kappa shape index (κ3) is 2.92. The van der Waals surface area contributed by atoms with E-state index < -0.39 is 15.3 Å². The molecule has 2 unspecified atom stereocenters. The molecular formula is C9H19N3O2S. The molecule has 0 aromatic carbocycles. The van der Waals surface area contributed by atoms with E-state index in [9.17, 15) is 8.42 Å². The minimum Gasteiger partial charge on any atom is -0.387 e. The quantitative estimate of drug-likeness (QED) is 0.485. The van der Waals surface area contributed by atoms with Gasteiger partial charge in [-0.1, -0.05) is 6.42 Å². The highest BCUT2D eigenvalue weighted by Crippen LogP contribution is 2.26. The molecule has 1 saturated carbocycles. The second kappa shape index (κ2) is 4.49. The lowest BCUT2D eigenvalue weighted by Crippen LogP contribution is -2.44. The Morgan fingerprint density at radius 2 is 2.07 bits per heavy atom. The van der Waals surface area contributed by atoms with Crippen LogP contribution in [0.2, 0.25) is 0 Å². The van der Waals surface area contributed by atoms with Gasteiger partial charge in [-0.3, -0.25) is 5.41 Å². The summed E-state index contributed by atoms with van der Waals surface area (Å²) in [6, 6.07) is -0.185. The van der Waals surface area contributed by atoms with E-state index in [1.54, 1.807) is 13.8 Å². The molecule has 1 rings (SSSR count). The van der Waals surface area contributed by atoms with Gasteiger partial charge in [-0.2, -0.15) is 0 Å². The summed E-state index contributed by atoms with van der Waals surface area (Å²) in [6.07, 6.45) is 2.51. The molecule has 0 radical (unpaired) electrons. The Bertz CT molecular complexity index is 337. The topological polar surface area (TPSA) is 96.0 Å². The second-order valence-electron chi connectivity index (χ2n) is 4.31. The molecule has 1 aliphatic rings. The summed E-state index contributed by atoms with van der Waals surface area (Å²) in [5.74, 6) is -0.0394. The zero-order valence-electron chi connectivity index (χ0n) is 9.16. The number of hydrogen-bond donors (Lipinski definition) is 3. The first-order chi connectivity index (χ1) is 6.84. The normalized spacial score (nSPS) is 27.1. The second-order valence-corrected chi connectivity index (χ2v) is 6.58. The van der Waals surface area contributed by atoms with Gasteiger partial charge < -0.3 is 5.73 Å². The Morgan fingerprint density at radius 1 is 1.47 bits per heavy atom. The molecule has 0 amide bonds. The molecule has 1 aliphatic carbocycles. The highest BCUT2D eigenvalue weighted by Gasteiger charge is 2.33. The number of sulfonamides is 1. The zero-order valence-corrected chi connectivity index (χ0v) is 9.97. The first-order valence-electron chi connectivity index (χ1n) is 5.19. The van der Waals surface area contributed by atoms with E-state index in [1.807, 2.05) is 0 Å². The van der Waals surface area contributed by atoms with Gasteiger partial charge in [0.25, 0.3) is 0 Å². The van der Waals surface area contributed by atoms with Crippen LogP contribution in [-0.4, -0.2) is 25.5 Å². The predicted molar refractivity (Wildman–Crippen MR) is 60.2 cm³/mol. The van der Waals surface area contributed by atoms with Crippen molar-refractivity contribution in [3.05, 3.63) is 0 Å². The van der Waals surface area contributed by atoms with Gasteiger partial charge in [-0.25, -0.2) is 13.1 Å². The van der Waals surface area contributed by atoms with Gasteiger partial charge in [0.15, 0.2) is 0 Å². The van der Waals surface area contributed by atoms with Crippen LogP contribution >= 0.6 is 0 Å². The molecule has 2 atom stereocenters. The lowest BCUT2D eigenvalue weighted by molar-refractivity contribution is 0.516. The fraction of sp³-hybridized carbons (Fsp3) is 0.889. The molecule has 1 fully saturated rings. The summed E-state index contributed by atoms with van der Waals surface area (Å²) >= 11 is 0. The van der Waals surface area contributed by atoms with Crippen molar-refractivity contribution >= 4 is 15.9 Å². The van der Waals surface area contributed by atoms with Crippen LogP contribution in [-0.2, 0) is 10.0 Å². The van der Waals surface area contributed by atoms with E-state index >= 15 is 0 Å². The van der Waals surface area contributed by atoms with Gasteiger partial charge in [0.1, 0.15) is 0 Å². The van der Waals surface area contributed by atoms with Crippen LogP contribution in [0.3, 0.4) is 0 Å². The molecule has 0 spiro atoms. The van der Waals surface area contributed by atoms with Crippen molar-refractivity contribution in [2.75, 3.05) is 0 Å². The molecular weight excluding hydrogens is 214 g/mol. The van der Waals surface area contributed by atoms with Gasteiger partial charge >= 0.3 is 0 Å². The van der Waals surface area contributed by atoms with Crippen LogP contribution in [0.4, 0.5) is 0 Å². The fourth-order valence-electron chi connectivity index (χ4n) is 1.82. The van der Waals surface area contributed by atoms with E-state index in [-0.39, 0.29) is 17.8 Å². The van der Waals surface area contributed by atoms with Crippen molar-refractivity contribution in [2.24, 2.45) is 11.7 Å². The number of rotatable bonds is 4. The average molecular weight is 233 g/mol. The van der Waals surface area contributed by atoms with Crippen LogP contribution in [0.1, 0.15) is 33.1 Å². The van der Waals surface area contributed by atoms with Crippen molar-refractivity contribution in [2.45, 2.75) is 44.4 Å². The molecule has 0 aromatic rings. The first-order valence-corrected chi connectivity index (χ1v) is 6.74. The zero-order chi connectivity index (χ0) is 11.6. The minimum atomic E-state index is -3.25. The van der Waals surface area contributed by atoms with E-state index in [0.29, 0.717) is 0 Å². The molecule has 6 heteroatoms. The third-order valence-corrected chi connectivity index (χ3v) is 4.72. The Labute approximate surface area is 91.0 Å². The molecule has 0 bridgehead atoms. The maximum absolute atomic E-state index is 11.6. The van der Waals surface area contributed by atoms with E-state index in [1.165, 1.54) is 0 Å². The largest absolute Gasteiger partial charge is 0.387 e. The first kappa shape index (κ1) is 12.4. The molecule has 5 nitrogen and oxygen atoms in total. The summed E-state index contributed by atoms with van der Waals surface area (Å²) in [6.45, 7) is 3.28. The monoisotopic (exact) mass is 233 g/mol. The van der Waals surface area contributed by atoms with Crippen LogP contribution in [0.25, 0.3) is 0 Å². The molecule has 0 heterocycles. The van der Waals surface area contributed by atoms with E-state index in [2.05, 4.69) is 4.72 Å². The standard InChI is InChI=1S/C9H19N3O2S/c1-6(2)15(13,14)12-8-5-3-4-7(8)9(10)11/h6-8,12H,3-5H2,1-2H3,(H3,10,11). The molecule has 88 valence electrons. The summed E-state index contributed by atoms with van der Waals surface area (Å²) in [5.41, 5.74) is 5.43. The summed E-state index contributed by atoms with van der Waals surface area (Å²) in [7, 11) is -3.25. The van der Waals surface area contributed by atoms with Crippen molar-refractivity contribution < 1.29 is 8.42 Å². The van der Waals surface area contributed by atoms with Gasteiger partial charge in [-0.15, -0.1) is 0 Å². The minimum absolute atomic E-state index is 0.0870. The number of hydrogen-bond acceptors (Lipinski definition) is 3. The van der Waals surface area contributed by atoms with Crippen LogP contribution < -0.4 is 10.5 Å². The molecule has 0 aliphatic heterocycles. The Morgan fingerprint density at radius 3 is 2.53 bits per heavy atom. The fourth-order valence-corrected chi connectivity index (χ4v) is 2.80. The van der Waals surface area contributed by atoms with Crippen LogP contribution in [0.15, 0.2) is 0 Å². The lowest BCUT2D eigenvalue weighted by atomic mass is 10.0. The highest BCUT2D eigenvalue weighted by molar-refractivity contribution is 7.90. The Kier molecular flexibility index (Phi) is 3.72. The van der Waals surface area contributed by atoms with E-state index in [0.717, 1.165) is 19.3 Å². The third-order valence-electron chi connectivity index (χ3n) is 2.85. The van der Waals surface area contributed by atoms with Crippen molar-refractivity contribution in [1.82, 2.24) is 4.72 Å². The predicted octanol–water partition coefficient (Wildman–Crippen LogP) is 0.419. The molecule has 15 heavy (non-hydrogen) atoms. The SMILES string of the molecule is CC(C)S(=O)(=O)NC1CCCC1C(=N)N. The van der Waals surface area contributed by atoms with Gasteiger partial charge in [-0.05, 0) is 26.7 Å². The van der Waals surface area contributed by atoms with Crippen molar-refractivity contribution in [1.29, 1.82) is 5.41 Å². The van der Waals surface area contributed by atoms with Gasteiger partial charge in [0.2, 0.25) is 10.0 Å². The average Bonchev–Trinajstić information content (AvgIpc) is 2.51. The summed E-state index contributed by atoms with van der Waals surface area (Å²) in [4.78, 5) is 0. The molecule has 0 aromatic heterocycles. The number of nitrogens with one attached hydrogen (secondary N) is 2. The Balaban J connectivity index is 2.70. The highest BCUT2D eigenvalue weighted by atomic mass is 32.2. The number of nitrogens with two attached hydrogens (primary N) is 1. The van der Waals surface area contributed by atoms with E-state index in [4.69, 9.17) is 11.1 Å². The summed E-state index contributed by atoms with van der Waals surface area (Å²) in [5, 5.41) is 6.94. The van der Waals surface area contributed by atoms with Crippen LogP contribution in [0, 0.1) is 11.3 Å². The lowest BCUT2D eigenvalue weighted by Gasteiger charge is -2.21. The summed E-state index contributed by atoms with van der Waals surface area (Å²) < 4.78 is 25.9.